The molecule has 0 spiro atoms. The van der Waals surface area contributed by atoms with Crippen LogP contribution in [-0.4, -0.2) is 29.2 Å². The van der Waals surface area contributed by atoms with Crippen molar-refractivity contribution >= 4 is 0 Å². The molecule has 0 saturated carbocycles. The Labute approximate surface area is 96.8 Å². The lowest BCUT2D eigenvalue weighted by atomic mass is 9.99. The number of hydrogen-bond donors (Lipinski definition) is 1. The molecule has 90 valence electrons. The van der Waals surface area contributed by atoms with Crippen LogP contribution in [0.5, 0.6) is 0 Å². The Morgan fingerprint density at radius 2 is 2.44 bits per heavy atom. The van der Waals surface area contributed by atoms with Crippen molar-refractivity contribution in [2.75, 3.05) is 13.1 Å². The molecule has 1 aliphatic heterocycles. The number of rotatable bonds is 4. The van der Waals surface area contributed by atoms with Gasteiger partial charge >= 0.3 is 0 Å². The lowest BCUT2D eigenvalue weighted by Gasteiger charge is -2.34. The van der Waals surface area contributed by atoms with Crippen molar-refractivity contribution in [3.63, 3.8) is 0 Å². The zero-order valence-electron chi connectivity index (χ0n) is 9.98. The summed E-state index contributed by atoms with van der Waals surface area (Å²) < 4.78 is 5.10. The van der Waals surface area contributed by atoms with E-state index in [1.807, 2.05) is 13.0 Å². The fourth-order valence-corrected chi connectivity index (χ4v) is 2.49. The molecule has 0 radical (unpaired) electrons. The standard InChI is InChI=1S/C12H21N3O/c1-10-8-11(14-16-10)9-15-7-3-2-4-12(15)5-6-13/h8,12H,2-7,9,13H2,1H3. The summed E-state index contributed by atoms with van der Waals surface area (Å²) >= 11 is 0. The first-order chi connectivity index (χ1) is 7.79. The van der Waals surface area contributed by atoms with Crippen LogP contribution in [0.25, 0.3) is 0 Å². The molecule has 0 amide bonds. The van der Waals surface area contributed by atoms with E-state index < -0.39 is 0 Å². The van der Waals surface area contributed by atoms with E-state index in [9.17, 15) is 0 Å². The van der Waals surface area contributed by atoms with Crippen LogP contribution in [0.1, 0.15) is 37.1 Å². The molecule has 1 fully saturated rings. The zero-order chi connectivity index (χ0) is 11.4. The van der Waals surface area contributed by atoms with Gasteiger partial charge in [-0.2, -0.15) is 0 Å². The number of nitrogens with two attached hydrogens (primary N) is 1. The largest absolute Gasteiger partial charge is 0.361 e. The van der Waals surface area contributed by atoms with E-state index in [1.54, 1.807) is 0 Å². The van der Waals surface area contributed by atoms with Crippen LogP contribution in [0.2, 0.25) is 0 Å². The highest BCUT2D eigenvalue weighted by atomic mass is 16.5. The van der Waals surface area contributed by atoms with Gasteiger partial charge in [-0.15, -0.1) is 0 Å². The summed E-state index contributed by atoms with van der Waals surface area (Å²) in [6.07, 6.45) is 4.99. The van der Waals surface area contributed by atoms with Crippen LogP contribution in [0.4, 0.5) is 0 Å². The average molecular weight is 223 g/mol. The normalized spacial score (nSPS) is 22.5. The maximum absolute atomic E-state index is 5.66. The molecule has 1 aromatic heterocycles. The fourth-order valence-electron chi connectivity index (χ4n) is 2.49. The topological polar surface area (TPSA) is 55.3 Å². The van der Waals surface area contributed by atoms with E-state index in [1.165, 1.54) is 19.3 Å². The summed E-state index contributed by atoms with van der Waals surface area (Å²) in [5.41, 5.74) is 6.70. The van der Waals surface area contributed by atoms with Crippen molar-refractivity contribution in [2.45, 2.75) is 45.2 Å². The van der Waals surface area contributed by atoms with Crippen LogP contribution in [0.3, 0.4) is 0 Å². The van der Waals surface area contributed by atoms with Crippen LogP contribution in [-0.2, 0) is 6.54 Å². The number of aryl methyl sites for hydroxylation is 1. The molecule has 2 heterocycles. The predicted molar refractivity (Wildman–Crippen MR) is 63.0 cm³/mol. The molecule has 0 bridgehead atoms. The maximum atomic E-state index is 5.66. The zero-order valence-corrected chi connectivity index (χ0v) is 9.98. The molecule has 2 N–H and O–H groups in total. The molecule has 1 aliphatic rings. The lowest BCUT2D eigenvalue weighted by molar-refractivity contribution is 0.130. The summed E-state index contributed by atoms with van der Waals surface area (Å²) in [5, 5.41) is 4.06. The fraction of sp³-hybridized carbons (Fsp3) is 0.750. The Morgan fingerprint density at radius 1 is 1.56 bits per heavy atom. The van der Waals surface area contributed by atoms with Crippen molar-refractivity contribution < 1.29 is 4.52 Å². The van der Waals surface area contributed by atoms with E-state index in [0.29, 0.717) is 6.04 Å². The first-order valence-electron chi connectivity index (χ1n) is 6.16. The minimum atomic E-state index is 0.635. The Hall–Kier alpha value is -0.870. The SMILES string of the molecule is Cc1cc(CN2CCCCC2CCN)no1. The Morgan fingerprint density at radius 3 is 3.12 bits per heavy atom. The monoisotopic (exact) mass is 223 g/mol. The first kappa shape index (κ1) is 11.6. The van der Waals surface area contributed by atoms with Gasteiger partial charge in [0.05, 0.1) is 5.69 Å². The lowest BCUT2D eigenvalue weighted by Crippen LogP contribution is -2.40. The van der Waals surface area contributed by atoms with Crippen molar-refractivity contribution in [3.05, 3.63) is 17.5 Å². The van der Waals surface area contributed by atoms with E-state index in [0.717, 1.165) is 37.5 Å². The number of piperidine rings is 1. The van der Waals surface area contributed by atoms with Gasteiger partial charge in [0.2, 0.25) is 0 Å². The summed E-state index contributed by atoms with van der Waals surface area (Å²) in [5.74, 6) is 0.891. The van der Waals surface area contributed by atoms with Gasteiger partial charge < -0.3 is 10.3 Å². The van der Waals surface area contributed by atoms with Gasteiger partial charge in [0.25, 0.3) is 0 Å². The van der Waals surface area contributed by atoms with Gasteiger partial charge in [-0.05, 0) is 39.3 Å². The minimum Gasteiger partial charge on any atom is -0.361 e. The molecule has 4 heteroatoms. The van der Waals surface area contributed by atoms with Gasteiger partial charge in [0.1, 0.15) is 5.76 Å². The van der Waals surface area contributed by atoms with Crippen LogP contribution in [0.15, 0.2) is 10.6 Å². The summed E-state index contributed by atoms with van der Waals surface area (Å²) in [4.78, 5) is 2.49. The second-order valence-electron chi connectivity index (χ2n) is 4.63. The molecular formula is C12H21N3O. The quantitative estimate of drug-likeness (QED) is 0.844. The minimum absolute atomic E-state index is 0.635. The molecule has 16 heavy (non-hydrogen) atoms. The van der Waals surface area contributed by atoms with Crippen molar-refractivity contribution in [2.24, 2.45) is 5.73 Å². The number of hydrogen-bond acceptors (Lipinski definition) is 4. The van der Waals surface area contributed by atoms with Crippen molar-refractivity contribution in [1.29, 1.82) is 0 Å². The predicted octanol–water partition coefficient (Wildman–Crippen LogP) is 1.69. The summed E-state index contributed by atoms with van der Waals surface area (Å²) in [6, 6.07) is 2.66. The Kier molecular flexibility index (Phi) is 3.96. The third-order valence-electron chi connectivity index (χ3n) is 3.29. The van der Waals surface area contributed by atoms with Gasteiger partial charge in [-0.25, -0.2) is 0 Å². The third kappa shape index (κ3) is 2.83. The average Bonchev–Trinajstić information content (AvgIpc) is 2.67. The molecule has 2 rings (SSSR count). The first-order valence-corrected chi connectivity index (χ1v) is 6.16. The van der Waals surface area contributed by atoms with Gasteiger partial charge in [0.15, 0.2) is 0 Å². The van der Waals surface area contributed by atoms with Crippen LogP contribution in [0, 0.1) is 6.92 Å². The van der Waals surface area contributed by atoms with E-state index in [4.69, 9.17) is 10.3 Å². The van der Waals surface area contributed by atoms with E-state index >= 15 is 0 Å². The third-order valence-corrected chi connectivity index (χ3v) is 3.29. The molecule has 1 saturated heterocycles. The van der Waals surface area contributed by atoms with Crippen LogP contribution >= 0.6 is 0 Å². The molecule has 0 aromatic carbocycles. The molecule has 1 unspecified atom stereocenters. The second-order valence-corrected chi connectivity index (χ2v) is 4.63. The van der Waals surface area contributed by atoms with Gasteiger partial charge in [-0.3, -0.25) is 4.90 Å². The molecule has 1 atom stereocenters. The van der Waals surface area contributed by atoms with Crippen molar-refractivity contribution in [1.82, 2.24) is 10.1 Å². The van der Waals surface area contributed by atoms with Gasteiger partial charge in [-0.1, -0.05) is 11.6 Å². The smallest absolute Gasteiger partial charge is 0.133 e. The number of nitrogens with zero attached hydrogens (tertiary/aromatic N) is 2. The Balaban J connectivity index is 1.95. The number of aromatic nitrogens is 1. The van der Waals surface area contributed by atoms with Crippen LogP contribution < -0.4 is 5.73 Å². The Bertz CT molecular complexity index is 322. The second kappa shape index (κ2) is 5.46. The van der Waals surface area contributed by atoms with E-state index in [2.05, 4.69) is 10.1 Å². The summed E-state index contributed by atoms with van der Waals surface area (Å²) in [7, 11) is 0. The summed E-state index contributed by atoms with van der Waals surface area (Å²) in [6.45, 7) is 4.78. The molecular weight excluding hydrogens is 202 g/mol. The van der Waals surface area contributed by atoms with Crippen molar-refractivity contribution in [3.8, 4) is 0 Å². The molecule has 4 nitrogen and oxygen atoms in total. The van der Waals surface area contributed by atoms with E-state index in [-0.39, 0.29) is 0 Å². The number of likely N-dealkylation sites (tertiary alicyclic amines) is 1. The molecule has 1 aromatic rings. The highest BCUT2D eigenvalue weighted by molar-refractivity contribution is 5.03. The highest BCUT2D eigenvalue weighted by Crippen LogP contribution is 2.21. The molecule has 0 aliphatic carbocycles. The van der Waals surface area contributed by atoms with Gasteiger partial charge in [0, 0.05) is 18.7 Å². The maximum Gasteiger partial charge on any atom is 0.133 e. The highest BCUT2D eigenvalue weighted by Gasteiger charge is 2.22.